The minimum absolute atomic E-state index is 0.00225. The molecule has 0 aromatic heterocycles. The third-order valence-corrected chi connectivity index (χ3v) is 2.62. The molecule has 1 aromatic carbocycles. The fraction of sp³-hybridized carbons (Fsp3) is 0.364. The molecule has 0 spiro atoms. The van der Waals surface area contributed by atoms with Crippen LogP contribution in [0.1, 0.15) is 16.7 Å². The topological polar surface area (TPSA) is 64.2 Å². The molecule has 1 aromatic rings. The number of nitriles is 1. The zero-order chi connectivity index (χ0) is 15.8. The van der Waals surface area contributed by atoms with Crippen molar-refractivity contribution in [2.24, 2.45) is 0 Å². The highest BCUT2D eigenvalue weighted by atomic mass is 19.4. The van der Waals surface area contributed by atoms with Crippen molar-refractivity contribution in [2.45, 2.75) is 18.0 Å². The van der Waals surface area contributed by atoms with E-state index in [1.54, 1.807) is 0 Å². The number of aliphatic hydroxyl groups is 2. The van der Waals surface area contributed by atoms with E-state index in [9.17, 15) is 31.4 Å². The molecule has 0 radical (unpaired) electrons. The average molecular weight is 299 g/mol. The molecule has 1 unspecified atom stereocenters. The minimum Gasteiger partial charge on any atom is -0.393 e. The summed E-state index contributed by atoms with van der Waals surface area (Å²) in [6.07, 6.45) is -10.4. The van der Waals surface area contributed by atoms with Gasteiger partial charge in [-0.3, -0.25) is 0 Å². The van der Waals surface area contributed by atoms with Gasteiger partial charge >= 0.3 is 12.4 Å². The van der Waals surface area contributed by atoms with Gasteiger partial charge in [0, 0.05) is 0 Å². The number of aliphatic hydroxyl groups excluding tert-OH is 1. The number of halogens is 6. The molecule has 0 fully saturated rings. The van der Waals surface area contributed by atoms with Crippen LogP contribution in [0.5, 0.6) is 0 Å². The van der Waals surface area contributed by atoms with Gasteiger partial charge in [-0.1, -0.05) is 6.07 Å². The van der Waals surface area contributed by atoms with E-state index in [1.807, 2.05) is 0 Å². The van der Waals surface area contributed by atoms with Gasteiger partial charge < -0.3 is 10.2 Å². The summed E-state index contributed by atoms with van der Waals surface area (Å²) in [5, 5.41) is 26.5. The number of benzene rings is 1. The molecule has 110 valence electrons. The van der Waals surface area contributed by atoms with Crippen molar-refractivity contribution >= 4 is 0 Å². The number of rotatable bonds is 2. The molecular weight excluding hydrogens is 292 g/mol. The van der Waals surface area contributed by atoms with Crippen LogP contribution in [-0.4, -0.2) is 23.0 Å². The Balaban J connectivity index is 3.54. The first-order valence-electron chi connectivity index (χ1n) is 4.99. The maximum Gasteiger partial charge on any atom is 0.423 e. The van der Waals surface area contributed by atoms with Gasteiger partial charge in [0.2, 0.25) is 5.60 Å². The van der Waals surface area contributed by atoms with Gasteiger partial charge in [-0.05, 0) is 17.7 Å². The first-order chi connectivity index (χ1) is 8.97. The van der Waals surface area contributed by atoms with Crippen molar-refractivity contribution in [3.8, 4) is 6.07 Å². The Bertz CT molecular complexity index is 545. The molecule has 0 bridgehead atoms. The third-order valence-electron chi connectivity index (χ3n) is 2.62. The zero-order valence-corrected chi connectivity index (χ0v) is 9.55. The Morgan fingerprint density at radius 2 is 1.65 bits per heavy atom. The summed E-state index contributed by atoms with van der Waals surface area (Å²) in [5.74, 6) is 0. The fourth-order valence-corrected chi connectivity index (χ4v) is 1.48. The quantitative estimate of drug-likeness (QED) is 0.824. The summed E-state index contributed by atoms with van der Waals surface area (Å²) < 4.78 is 75.8. The van der Waals surface area contributed by atoms with Gasteiger partial charge in [0.15, 0.2) is 0 Å². The van der Waals surface area contributed by atoms with E-state index < -0.39 is 41.3 Å². The number of hydrogen-bond donors (Lipinski definition) is 2. The van der Waals surface area contributed by atoms with E-state index >= 15 is 0 Å². The van der Waals surface area contributed by atoms with Crippen LogP contribution >= 0.6 is 0 Å². The highest BCUT2D eigenvalue weighted by Gasteiger charge is 2.55. The summed E-state index contributed by atoms with van der Waals surface area (Å²) in [4.78, 5) is 0. The van der Waals surface area contributed by atoms with E-state index in [4.69, 9.17) is 10.4 Å². The number of hydrogen-bond acceptors (Lipinski definition) is 3. The normalized spacial score (nSPS) is 15.6. The lowest BCUT2D eigenvalue weighted by atomic mass is 9.91. The van der Waals surface area contributed by atoms with E-state index in [-0.39, 0.29) is 6.07 Å². The predicted octanol–water partition coefficient (Wildman–Crippen LogP) is 2.32. The summed E-state index contributed by atoms with van der Waals surface area (Å²) in [6.45, 7) is -1.85. The molecule has 20 heavy (non-hydrogen) atoms. The molecule has 9 heteroatoms. The molecule has 0 heterocycles. The summed E-state index contributed by atoms with van der Waals surface area (Å²) >= 11 is 0. The van der Waals surface area contributed by atoms with Crippen molar-refractivity contribution in [2.75, 3.05) is 6.61 Å². The third kappa shape index (κ3) is 2.71. The Kier molecular flexibility index (Phi) is 4.03. The van der Waals surface area contributed by atoms with Gasteiger partial charge in [0.25, 0.3) is 0 Å². The lowest BCUT2D eigenvalue weighted by molar-refractivity contribution is -0.277. The Hall–Kier alpha value is -1.79. The van der Waals surface area contributed by atoms with Crippen molar-refractivity contribution in [3.63, 3.8) is 0 Å². The monoisotopic (exact) mass is 299 g/mol. The van der Waals surface area contributed by atoms with Gasteiger partial charge in [-0.15, -0.1) is 0 Å². The summed E-state index contributed by atoms with van der Waals surface area (Å²) in [7, 11) is 0. The van der Waals surface area contributed by atoms with Crippen molar-refractivity contribution < 1.29 is 36.6 Å². The second-order valence-electron chi connectivity index (χ2n) is 3.89. The summed E-state index contributed by atoms with van der Waals surface area (Å²) in [5.41, 5.74) is -7.53. The van der Waals surface area contributed by atoms with Crippen LogP contribution in [0.3, 0.4) is 0 Å². The lowest BCUT2D eigenvalue weighted by Gasteiger charge is -2.29. The molecule has 3 nitrogen and oxygen atoms in total. The lowest BCUT2D eigenvalue weighted by Crippen LogP contribution is -2.45. The molecule has 0 amide bonds. The Morgan fingerprint density at radius 1 is 1.10 bits per heavy atom. The Labute approximate surface area is 108 Å². The molecule has 1 atom stereocenters. The van der Waals surface area contributed by atoms with Crippen molar-refractivity contribution in [3.05, 3.63) is 34.9 Å². The standard InChI is InChI=1S/C11H7F6NO2/c12-10(13,14)8-3-7(2-1-6(8)4-18)9(20,5-19)11(15,16)17/h1-3,19-20H,5H2. The molecule has 0 aliphatic carbocycles. The van der Waals surface area contributed by atoms with Gasteiger partial charge in [-0.2, -0.15) is 31.6 Å². The fourth-order valence-electron chi connectivity index (χ4n) is 1.48. The first-order valence-corrected chi connectivity index (χ1v) is 4.99. The largest absolute Gasteiger partial charge is 0.423 e. The van der Waals surface area contributed by atoms with Gasteiger partial charge in [-0.25, -0.2) is 0 Å². The number of alkyl halides is 6. The van der Waals surface area contributed by atoms with Crippen molar-refractivity contribution in [1.29, 1.82) is 5.26 Å². The van der Waals surface area contributed by atoms with Gasteiger partial charge in [0.05, 0.1) is 23.8 Å². The molecule has 2 N–H and O–H groups in total. The van der Waals surface area contributed by atoms with E-state index in [0.717, 1.165) is 0 Å². The van der Waals surface area contributed by atoms with Crippen molar-refractivity contribution in [1.82, 2.24) is 0 Å². The van der Waals surface area contributed by atoms with Crippen LogP contribution in [0, 0.1) is 11.3 Å². The number of nitrogens with zero attached hydrogens (tertiary/aromatic N) is 1. The van der Waals surface area contributed by atoms with Crippen LogP contribution in [0.2, 0.25) is 0 Å². The Morgan fingerprint density at radius 3 is 2.00 bits per heavy atom. The molecule has 1 rings (SSSR count). The molecule has 0 aliphatic rings. The predicted molar refractivity (Wildman–Crippen MR) is 53.2 cm³/mol. The second kappa shape index (κ2) is 4.96. The van der Waals surface area contributed by atoms with E-state index in [2.05, 4.69) is 0 Å². The highest BCUT2D eigenvalue weighted by molar-refractivity contribution is 5.44. The zero-order valence-electron chi connectivity index (χ0n) is 9.55. The second-order valence-corrected chi connectivity index (χ2v) is 3.89. The first kappa shape index (κ1) is 16.3. The van der Waals surface area contributed by atoms with Crippen LogP contribution in [0.4, 0.5) is 26.3 Å². The molecule has 0 saturated heterocycles. The van der Waals surface area contributed by atoms with Crippen LogP contribution in [0.25, 0.3) is 0 Å². The van der Waals surface area contributed by atoms with E-state index in [0.29, 0.717) is 12.1 Å². The van der Waals surface area contributed by atoms with E-state index in [1.165, 1.54) is 6.07 Å². The summed E-state index contributed by atoms with van der Waals surface area (Å²) in [6, 6.07) is 2.21. The molecule has 0 saturated carbocycles. The highest BCUT2D eigenvalue weighted by Crippen LogP contribution is 2.41. The molecule has 0 aliphatic heterocycles. The van der Waals surface area contributed by atoms with Gasteiger partial charge in [0.1, 0.15) is 0 Å². The average Bonchev–Trinajstić information content (AvgIpc) is 2.34. The molecular formula is C11H7F6NO2. The SMILES string of the molecule is N#Cc1ccc(C(O)(CO)C(F)(F)F)cc1C(F)(F)F. The van der Waals surface area contributed by atoms with Crippen LogP contribution in [0.15, 0.2) is 18.2 Å². The smallest absolute Gasteiger partial charge is 0.393 e. The maximum atomic E-state index is 12.6. The maximum absolute atomic E-state index is 12.6. The van der Waals surface area contributed by atoms with Crippen LogP contribution < -0.4 is 0 Å². The minimum atomic E-state index is -5.38. The van der Waals surface area contributed by atoms with Crippen LogP contribution in [-0.2, 0) is 11.8 Å².